The summed E-state index contributed by atoms with van der Waals surface area (Å²) in [7, 11) is 0. The van der Waals surface area contributed by atoms with Gasteiger partial charge in [0.1, 0.15) is 6.29 Å². The SMILES string of the molecule is CC(C=CC=C(C)C=CC1=C(C)C(=O)CC1(C)C)=CC=O. The van der Waals surface area contributed by atoms with Gasteiger partial charge in [0.15, 0.2) is 5.78 Å². The summed E-state index contributed by atoms with van der Waals surface area (Å²) in [5.74, 6) is 0.246. The van der Waals surface area contributed by atoms with Crippen molar-refractivity contribution in [1.82, 2.24) is 0 Å². The second kappa shape index (κ2) is 7.16. The highest BCUT2D eigenvalue weighted by Gasteiger charge is 2.34. The standard InChI is InChI=1S/C19H24O2/c1-14(7-6-8-15(2)11-12-20)9-10-17-16(3)18(21)13-19(17,4)5/h6-12H,13H2,1-5H3. The van der Waals surface area contributed by atoms with E-state index in [0.29, 0.717) is 6.42 Å². The molecule has 0 saturated carbocycles. The second-order valence-electron chi connectivity index (χ2n) is 6.17. The van der Waals surface area contributed by atoms with E-state index in [1.54, 1.807) is 0 Å². The number of carbonyl (C=O) groups excluding carboxylic acids is 2. The topological polar surface area (TPSA) is 34.1 Å². The molecule has 0 aromatic heterocycles. The van der Waals surface area contributed by atoms with Crippen molar-refractivity contribution in [2.24, 2.45) is 5.41 Å². The van der Waals surface area contributed by atoms with Gasteiger partial charge in [0.2, 0.25) is 0 Å². The molecular formula is C19H24O2. The molecule has 0 spiro atoms. The summed E-state index contributed by atoms with van der Waals surface area (Å²) in [4.78, 5) is 22.1. The molecule has 1 aliphatic rings. The Hall–Kier alpha value is -1.96. The van der Waals surface area contributed by atoms with Crippen molar-refractivity contribution in [2.45, 2.75) is 41.0 Å². The van der Waals surface area contributed by atoms with Gasteiger partial charge in [-0.3, -0.25) is 9.59 Å². The summed E-state index contributed by atoms with van der Waals surface area (Å²) >= 11 is 0. The molecule has 0 amide bonds. The van der Waals surface area contributed by atoms with E-state index >= 15 is 0 Å². The molecule has 1 aliphatic carbocycles. The van der Waals surface area contributed by atoms with Gasteiger partial charge < -0.3 is 0 Å². The lowest BCUT2D eigenvalue weighted by molar-refractivity contribution is -0.115. The van der Waals surface area contributed by atoms with Crippen LogP contribution >= 0.6 is 0 Å². The van der Waals surface area contributed by atoms with Crippen molar-refractivity contribution in [3.8, 4) is 0 Å². The summed E-state index contributed by atoms with van der Waals surface area (Å²) in [6.45, 7) is 10.0. The molecule has 0 unspecified atom stereocenters. The Morgan fingerprint density at radius 3 is 2.24 bits per heavy atom. The minimum Gasteiger partial charge on any atom is -0.299 e. The molecule has 0 bridgehead atoms. The largest absolute Gasteiger partial charge is 0.299 e. The third-order valence-corrected chi connectivity index (χ3v) is 3.72. The van der Waals surface area contributed by atoms with E-state index in [0.717, 1.165) is 28.6 Å². The van der Waals surface area contributed by atoms with Crippen LogP contribution in [0.4, 0.5) is 0 Å². The third kappa shape index (κ3) is 4.82. The van der Waals surface area contributed by atoms with Gasteiger partial charge in [-0.25, -0.2) is 0 Å². The average Bonchev–Trinajstić information content (AvgIpc) is 2.56. The van der Waals surface area contributed by atoms with Crippen molar-refractivity contribution >= 4 is 12.1 Å². The van der Waals surface area contributed by atoms with Crippen LogP contribution in [0.1, 0.15) is 41.0 Å². The molecule has 0 aromatic carbocycles. The molecule has 1 rings (SSSR count). The molecule has 0 N–H and O–H groups in total. The predicted octanol–water partition coefficient (Wildman–Crippen LogP) is 4.51. The van der Waals surface area contributed by atoms with E-state index < -0.39 is 0 Å². The number of hydrogen-bond acceptors (Lipinski definition) is 2. The maximum absolute atomic E-state index is 11.8. The summed E-state index contributed by atoms with van der Waals surface area (Å²) in [5, 5.41) is 0. The highest BCUT2D eigenvalue weighted by atomic mass is 16.1. The van der Waals surface area contributed by atoms with Crippen molar-refractivity contribution in [2.75, 3.05) is 0 Å². The number of allylic oxidation sites excluding steroid dienone is 10. The van der Waals surface area contributed by atoms with Crippen LogP contribution in [-0.2, 0) is 9.59 Å². The first-order valence-corrected chi connectivity index (χ1v) is 7.17. The first-order chi connectivity index (χ1) is 9.77. The van der Waals surface area contributed by atoms with Gasteiger partial charge in [0.25, 0.3) is 0 Å². The third-order valence-electron chi connectivity index (χ3n) is 3.72. The molecule has 0 fully saturated rings. The average molecular weight is 284 g/mol. The van der Waals surface area contributed by atoms with E-state index in [-0.39, 0.29) is 11.2 Å². The van der Waals surface area contributed by atoms with E-state index in [1.807, 2.05) is 51.2 Å². The van der Waals surface area contributed by atoms with Gasteiger partial charge in [-0.15, -0.1) is 0 Å². The molecule has 112 valence electrons. The number of rotatable bonds is 5. The van der Waals surface area contributed by atoms with Crippen LogP contribution in [-0.4, -0.2) is 12.1 Å². The smallest absolute Gasteiger partial charge is 0.159 e. The second-order valence-corrected chi connectivity index (χ2v) is 6.17. The van der Waals surface area contributed by atoms with Gasteiger partial charge in [-0.2, -0.15) is 0 Å². The van der Waals surface area contributed by atoms with Crippen molar-refractivity contribution < 1.29 is 9.59 Å². The Bertz CT molecular complexity index is 579. The van der Waals surface area contributed by atoms with Crippen LogP contribution in [0.5, 0.6) is 0 Å². The van der Waals surface area contributed by atoms with E-state index in [9.17, 15) is 9.59 Å². The molecule has 0 heterocycles. The van der Waals surface area contributed by atoms with E-state index in [4.69, 9.17) is 0 Å². The molecule has 0 saturated heterocycles. The molecule has 2 nitrogen and oxygen atoms in total. The molecule has 0 atom stereocenters. The van der Waals surface area contributed by atoms with Crippen LogP contribution < -0.4 is 0 Å². The van der Waals surface area contributed by atoms with Gasteiger partial charge in [-0.05, 0) is 49.0 Å². The lowest BCUT2D eigenvalue weighted by Crippen LogP contribution is -2.09. The lowest BCUT2D eigenvalue weighted by Gasteiger charge is -2.19. The Kier molecular flexibility index (Phi) is 5.83. The minimum atomic E-state index is -0.0723. The lowest BCUT2D eigenvalue weighted by atomic mass is 9.85. The zero-order valence-electron chi connectivity index (χ0n) is 13.6. The Labute approximate surface area is 127 Å². The Balaban J connectivity index is 2.83. The quantitative estimate of drug-likeness (QED) is 0.423. The predicted molar refractivity (Wildman–Crippen MR) is 88.0 cm³/mol. The summed E-state index contributed by atoms with van der Waals surface area (Å²) in [6.07, 6.45) is 12.8. The van der Waals surface area contributed by atoms with Crippen LogP contribution in [0.15, 0.2) is 58.7 Å². The summed E-state index contributed by atoms with van der Waals surface area (Å²) in [5.41, 5.74) is 3.95. The first kappa shape index (κ1) is 17.1. The number of hydrogen-bond donors (Lipinski definition) is 0. The van der Waals surface area contributed by atoms with Crippen LogP contribution in [0.3, 0.4) is 0 Å². The van der Waals surface area contributed by atoms with Crippen LogP contribution in [0.25, 0.3) is 0 Å². The van der Waals surface area contributed by atoms with Crippen molar-refractivity contribution in [3.63, 3.8) is 0 Å². The van der Waals surface area contributed by atoms with Gasteiger partial charge in [0.05, 0.1) is 0 Å². The number of ketones is 1. The minimum absolute atomic E-state index is 0.0723. The zero-order chi connectivity index (χ0) is 16.0. The van der Waals surface area contributed by atoms with Gasteiger partial charge in [-0.1, -0.05) is 49.8 Å². The number of Topliss-reactive ketones (excluding diaryl/α,β-unsaturated/α-hetero) is 1. The maximum atomic E-state index is 11.8. The normalized spacial score (nSPS) is 20.1. The number of carbonyl (C=O) groups is 2. The Morgan fingerprint density at radius 2 is 1.71 bits per heavy atom. The van der Waals surface area contributed by atoms with Crippen LogP contribution in [0.2, 0.25) is 0 Å². The fraction of sp³-hybridized carbons (Fsp3) is 0.368. The summed E-state index contributed by atoms with van der Waals surface area (Å²) < 4.78 is 0. The first-order valence-electron chi connectivity index (χ1n) is 7.17. The highest BCUT2D eigenvalue weighted by Crippen LogP contribution is 2.40. The Morgan fingerprint density at radius 1 is 1.10 bits per heavy atom. The number of aldehydes is 1. The fourth-order valence-electron chi connectivity index (χ4n) is 2.42. The van der Waals surface area contributed by atoms with Gasteiger partial charge in [0, 0.05) is 6.42 Å². The van der Waals surface area contributed by atoms with Crippen molar-refractivity contribution in [3.05, 3.63) is 58.7 Å². The van der Waals surface area contributed by atoms with Gasteiger partial charge >= 0.3 is 0 Å². The zero-order valence-corrected chi connectivity index (χ0v) is 13.6. The fourth-order valence-corrected chi connectivity index (χ4v) is 2.42. The van der Waals surface area contributed by atoms with Crippen LogP contribution in [0, 0.1) is 5.41 Å². The monoisotopic (exact) mass is 284 g/mol. The molecule has 0 aromatic rings. The highest BCUT2D eigenvalue weighted by molar-refractivity contribution is 6.00. The molecule has 21 heavy (non-hydrogen) atoms. The molecular weight excluding hydrogens is 260 g/mol. The summed E-state index contributed by atoms with van der Waals surface area (Å²) in [6, 6.07) is 0. The molecule has 0 aliphatic heterocycles. The van der Waals surface area contributed by atoms with E-state index in [1.165, 1.54) is 6.08 Å². The molecule has 2 heteroatoms. The maximum Gasteiger partial charge on any atom is 0.159 e. The molecule has 0 radical (unpaired) electrons. The van der Waals surface area contributed by atoms with Crippen molar-refractivity contribution in [1.29, 1.82) is 0 Å². The van der Waals surface area contributed by atoms with E-state index in [2.05, 4.69) is 13.8 Å².